The molecule has 0 radical (unpaired) electrons. The number of pyridine rings is 1. The SMILES string of the molecule is CC(C)(C)OC(=O)NC1(C(=O)O)CCN(c2ccnc3c2c(-c2cncnc2)cn3COCC[Si](C)(C)C)CC1. The maximum Gasteiger partial charge on any atom is 0.408 e. The molecule has 1 amide bonds. The lowest BCUT2D eigenvalue weighted by Crippen LogP contribution is -2.60. The van der Waals surface area contributed by atoms with E-state index in [1.165, 1.54) is 6.33 Å². The first-order chi connectivity index (χ1) is 18.8. The number of carboxylic acids is 1. The number of carboxylic acid groups (broad SMARTS) is 1. The Kier molecular flexibility index (Phi) is 8.50. The van der Waals surface area contributed by atoms with Crippen molar-refractivity contribution < 1.29 is 24.2 Å². The molecule has 1 aliphatic rings. The highest BCUT2D eigenvalue weighted by atomic mass is 28.3. The van der Waals surface area contributed by atoms with Crippen molar-refractivity contribution >= 4 is 36.9 Å². The van der Waals surface area contributed by atoms with Crippen LogP contribution >= 0.6 is 0 Å². The van der Waals surface area contributed by atoms with Crippen LogP contribution < -0.4 is 10.2 Å². The number of piperidine rings is 1. The minimum atomic E-state index is -1.41. The standard InChI is InChI=1S/C28H40N6O5Si/c1-27(2,3)39-26(37)32-28(25(35)36)8-11-33(12-9-28)22-7-10-31-24-23(22)21(20-15-29-18-30-16-20)17-34(24)19-38-13-14-40(4,5)6/h7,10,15-18H,8-9,11-14,19H2,1-6H3,(H,32,37)(H,35,36). The van der Waals surface area contributed by atoms with Crippen molar-refractivity contribution in [2.75, 3.05) is 24.6 Å². The Hall–Kier alpha value is -3.51. The fourth-order valence-electron chi connectivity index (χ4n) is 4.78. The lowest BCUT2D eigenvalue weighted by atomic mass is 9.87. The van der Waals surface area contributed by atoms with Gasteiger partial charge in [-0.2, -0.15) is 0 Å². The van der Waals surface area contributed by atoms with Gasteiger partial charge in [0, 0.05) is 69.4 Å². The van der Waals surface area contributed by atoms with Crippen molar-refractivity contribution in [2.24, 2.45) is 0 Å². The van der Waals surface area contributed by atoms with Crippen LogP contribution in [-0.2, 0) is 21.0 Å². The second kappa shape index (κ2) is 11.5. The lowest BCUT2D eigenvalue weighted by Gasteiger charge is -2.40. The Morgan fingerprint density at radius 2 is 1.82 bits per heavy atom. The number of anilines is 1. The van der Waals surface area contributed by atoms with E-state index in [0.29, 0.717) is 26.4 Å². The van der Waals surface area contributed by atoms with Gasteiger partial charge in [0.25, 0.3) is 0 Å². The Balaban J connectivity index is 1.62. The monoisotopic (exact) mass is 568 g/mol. The van der Waals surface area contributed by atoms with E-state index in [0.717, 1.165) is 33.9 Å². The van der Waals surface area contributed by atoms with E-state index in [9.17, 15) is 14.7 Å². The van der Waals surface area contributed by atoms with E-state index in [-0.39, 0.29) is 12.8 Å². The van der Waals surface area contributed by atoms with E-state index in [1.807, 2.05) is 16.8 Å². The van der Waals surface area contributed by atoms with Gasteiger partial charge in [0.2, 0.25) is 0 Å². The highest BCUT2D eigenvalue weighted by Gasteiger charge is 2.44. The largest absolute Gasteiger partial charge is 0.480 e. The summed E-state index contributed by atoms with van der Waals surface area (Å²) in [5, 5.41) is 13.7. The molecule has 0 spiro atoms. The van der Waals surface area contributed by atoms with Crippen molar-refractivity contribution in [1.29, 1.82) is 0 Å². The minimum absolute atomic E-state index is 0.218. The number of hydrogen-bond acceptors (Lipinski definition) is 8. The zero-order chi connectivity index (χ0) is 29.1. The second-order valence-corrected chi connectivity index (χ2v) is 18.1. The van der Waals surface area contributed by atoms with Crippen molar-refractivity contribution in [3.63, 3.8) is 0 Å². The van der Waals surface area contributed by atoms with E-state index >= 15 is 0 Å². The zero-order valence-electron chi connectivity index (χ0n) is 24.2. The smallest absolute Gasteiger partial charge is 0.408 e. The number of alkyl carbamates (subject to hydrolysis) is 1. The molecule has 3 aromatic heterocycles. The predicted molar refractivity (Wildman–Crippen MR) is 156 cm³/mol. The molecule has 0 saturated carbocycles. The lowest BCUT2D eigenvalue weighted by molar-refractivity contribution is -0.145. The molecule has 4 rings (SSSR count). The van der Waals surface area contributed by atoms with E-state index < -0.39 is 31.3 Å². The number of aromatic nitrogens is 4. The molecule has 0 bridgehead atoms. The van der Waals surface area contributed by atoms with Crippen LogP contribution in [-0.4, -0.2) is 75.6 Å². The normalized spacial score (nSPS) is 15.7. The molecule has 40 heavy (non-hydrogen) atoms. The third kappa shape index (κ3) is 6.97. The van der Waals surface area contributed by atoms with Crippen molar-refractivity contribution in [3.8, 4) is 11.1 Å². The number of hydrogen-bond donors (Lipinski definition) is 2. The number of ether oxygens (including phenoxy) is 2. The molecule has 0 aromatic carbocycles. The predicted octanol–water partition coefficient (Wildman–Crippen LogP) is 4.75. The van der Waals surface area contributed by atoms with E-state index in [4.69, 9.17) is 14.5 Å². The van der Waals surface area contributed by atoms with Gasteiger partial charge in [-0.05, 0) is 45.7 Å². The molecule has 4 heterocycles. The van der Waals surface area contributed by atoms with Gasteiger partial charge in [0.1, 0.15) is 29.8 Å². The highest BCUT2D eigenvalue weighted by Crippen LogP contribution is 2.38. The first-order valence-electron chi connectivity index (χ1n) is 13.6. The number of aliphatic carboxylic acids is 1. The maximum absolute atomic E-state index is 12.5. The molecule has 12 heteroatoms. The summed E-state index contributed by atoms with van der Waals surface area (Å²) in [6.07, 6.45) is 8.52. The van der Waals surface area contributed by atoms with Gasteiger partial charge in [-0.25, -0.2) is 24.5 Å². The van der Waals surface area contributed by atoms with Crippen molar-refractivity contribution in [3.05, 3.63) is 37.2 Å². The average molecular weight is 569 g/mol. The summed E-state index contributed by atoms with van der Waals surface area (Å²) in [5.41, 5.74) is 1.35. The number of carbonyl (C=O) groups excluding carboxylic acids is 1. The maximum atomic E-state index is 12.5. The van der Waals surface area contributed by atoms with Gasteiger partial charge >= 0.3 is 12.1 Å². The fourth-order valence-corrected chi connectivity index (χ4v) is 5.54. The molecular formula is C28H40N6O5Si. The number of nitrogens with zero attached hydrogens (tertiary/aromatic N) is 5. The number of fused-ring (bicyclic) bond motifs is 1. The van der Waals surface area contributed by atoms with Crippen LogP contribution in [0.5, 0.6) is 0 Å². The van der Waals surface area contributed by atoms with Crippen LogP contribution in [0.3, 0.4) is 0 Å². The number of rotatable bonds is 9. The first kappa shape index (κ1) is 29.5. The third-order valence-corrected chi connectivity index (χ3v) is 8.65. The minimum Gasteiger partial charge on any atom is -0.480 e. The quantitative estimate of drug-likeness (QED) is 0.277. The number of amides is 1. The molecule has 216 valence electrons. The number of nitrogens with one attached hydrogen (secondary N) is 1. The van der Waals surface area contributed by atoms with Crippen LogP contribution in [0.25, 0.3) is 22.2 Å². The summed E-state index contributed by atoms with van der Waals surface area (Å²) in [5.74, 6) is -1.07. The Labute approximate surface area is 235 Å². The molecule has 1 aliphatic heterocycles. The van der Waals surface area contributed by atoms with Gasteiger partial charge in [-0.1, -0.05) is 19.6 Å². The molecule has 0 unspecified atom stereocenters. The van der Waals surface area contributed by atoms with Gasteiger partial charge in [-0.3, -0.25) is 0 Å². The van der Waals surface area contributed by atoms with E-state index in [2.05, 4.69) is 39.8 Å². The van der Waals surface area contributed by atoms with Crippen LogP contribution in [0, 0.1) is 0 Å². The Bertz CT molecular complexity index is 1340. The molecule has 1 saturated heterocycles. The zero-order valence-corrected chi connectivity index (χ0v) is 25.2. The van der Waals surface area contributed by atoms with Gasteiger partial charge in [0.05, 0.1) is 5.39 Å². The third-order valence-electron chi connectivity index (χ3n) is 6.94. The molecule has 2 N–H and O–H groups in total. The fraction of sp³-hybridized carbons (Fsp3) is 0.536. The summed E-state index contributed by atoms with van der Waals surface area (Å²) in [7, 11) is -1.22. The topological polar surface area (TPSA) is 132 Å². The van der Waals surface area contributed by atoms with Crippen LogP contribution in [0.15, 0.2) is 37.2 Å². The van der Waals surface area contributed by atoms with Crippen molar-refractivity contribution in [1.82, 2.24) is 24.8 Å². The summed E-state index contributed by atoms with van der Waals surface area (Å²) in [4.78, 5) is 40.1. The highest BCUT2D eigenvalue weighted by molar-refractivity contribution is 6.76. The Morgan fingerprint density at radius 3 is 2.42 bits per heavy atom. The summed E-state index contributed by atoms with van der Waals surface area (Å²) >= 11 is 0. The molecule has 1 fully saturated rings. The second-order valence-electron chi connectivity index (χ2n) is 12.5. The van der Waals surface area contributed by atoms with Gasteiger partial charge in [0.15, 0.2) is 0 Å². The molecule has 3 aromatic rings. The van der Waals surface area contributed by atoms with Crippen LogP contribution in [0.1, 0.15) is 33.6 Å². The van der Waals surface area contributed by atoms with Gasteiger partial charge in [-0.15, -0.1) is 0 Å². The van der Waals surface area contributed by atoms with E-state index in [1.54, 1.807) is 39.4 Å². The molecule has 0 atom stereocenters. The summed E-state index contributed by atoms with van der Waals surface area (Å²) < 4.78 is 13.4. The van der Waals surface area contributed by atoms with Crippen molar-refractivity contribution in [2.45, 2.75) is 77.2 Å². The summed E-state index contributed by atoms with van der Waals surface area (Å²) in [6, 6.07) is 3.02. The summed E-state index contributed by atoms with van der Waals surface area (Å²) in [6.45, 7) is 14.1. The first-order valence-corrected chi connectivity index (χ1v) is 17.3. The van der Waals surface area contributed by atoms with Crippen LogP contribution in [0.4, 0.5) is 10.5 Å². The molecular weight excluding hydrogens is 528 g/mol. The molecule has 11 nitrogen and oxygen atoms in total. The Morgan fingerprint density at radius 1 is 1.15 bits per heavy atom. The molecule has 0 aliphatic carbocycles. The van der Waals surface area contributed by atoms with Crippen LogP contribution in [0.2, 0.25) is 25.7 Å². The van der Waals surface area contributed by atoms with Gasteiger partial charge < -0.3 is 29.4 Å². The number of carbonyl (C=O) groups is 2. The average Bonchev–Trinajstić information content (AvgIpc) is 3.25.